The van der Waals surface area contributed by atoms with E-state index in [1.807, 2.05) is 0 Å². The smallest absolute Gasteiger partial charge is 0.261 e. The predicted octanol–water partition coefficient (Wildman–Crippen LogP) is -2.83. The van der Waals surface area contributed by atoms with E-state index in [-0.39, 0.29) is 52.5 Å². The van der Waals surface area contributed by atoms with Gasteiger partial charge in [0.15, 0.2) is 5.54 Å². The summed E-state index contributed by atoms with van der Waals surface area (Å²) in [5.74, 6) is 0. The van der Waals surface area contributed by atoms with E-state index in [1.165, 1.54) is 6.66 Å². The van der Waals surface area contributed by atoms with Gasteiger partial charge in [0.2, 0.25) is 0 Å². The Hall–Kier alpha value is 1.09. The van der Waals surface area contributed by atoms with Crippen molar-refractivity contribution in [2.24, 2.45) is 0 Å². The molecular formula is C7H21N2O5PY. The molecule has 0 aromatic carbocycles. The van der Waals surface area contributed by atoms with Crippen molar-refractivity contribution >= 4 is 7.52 Å². The van der Waals surface area contributed by atoms with Gasteiger partial charge >= 0.3 is 0 Å². The fraction of sp³-hybridized carbons (Fsp3) is 0.857. The molecule has 0 amide bonds. The summed E-state index contributed by atoms with van der Waals surface area (Å²) in [6.07, 6.45) is 0. The summed E-state index contributed by atoms with van der Waals surface area (Å²) in [5, 5.41) is 27.5. The van der Waals surface area contributed by atoms with E-state index in [9.17, 15) is 4.57 Å². The average Bonchev–Trinajstić information content (AvgIpc) is 2.16. The van der Waals surface area contributed by atoms with Gasteiger partial charge in [0.1, 0.15) is 19.8 Å². The van der Waals surface area contributed by atoms with Gasteiger partial charge in [-0.15, -0.1) is 6.54 Å². The van der Waals surface area contributed by atoms with Crippen molar-refractivity contribution in [3.05, 3.63) is 6.92 Å². The molecule has 1 radical (unpaired) electrons. The van der Waals surface area contributed by atoms with E-state index >= 15 is 0 Å². The van der Waals surface area contributed by atoms with Crippen LogP contribution in [0.2, 0.25) is 0 Å². The number of nitrogens with one attached hydrogen (secondary N) is 1. The second kappa shape index (κ2) is 11.2. The summed E-state index contributed by atoms with van der Waals surface area (Å²) in [6.45, 7) is 3.98. The first-order chi connectivity index (χ1) is 6.74. The Balaban J connectivity index is -0.000000200. The minimum absolute atomic E-state index is 0. The largest absolute Gasteiger partial charge is 0.390 e. The van der Waals surface area contributed by atoms with Gasteiger partial charge in [-0.1, -0.05) is 0 Å². The van der Waals surface area contributed by atoms with Crippen molar-refractivity contribution in [2.45, 2.75) is 5.54 Å². The summed E-state index contributed by atoms with van der Waals surface area (Å²) in [5.41, 5.74) is 2.42. The first-order valence-corrected chi connectivity index (χ1v) is 6.38. The zero-order chi connectivity index (χ0) is 12.5. The molecule has 0 saturated carbocycles. The van der Waals surface area contributed by atoms with E-state index in [0.717, 1.165) is 0 Å². The van der Waals surface area contributed by atoms with Crippen LogP contribution in [0.15, 0.2) is 0 Å². The Morgan fingerprint density at radius 2 is 1.62 bits per heavy atom. The molecular weight excluding hydrogens is 312 g/mol. The van der Waals surface area contributed by atoms with Crippen LogP contribution >= 0.6 is 7.52 Å². The van der Waals surface area contributed by atoms with Gasteiger partial charge in [0.25, 0.3) is 7.52 Å². The standard InChI is InChI=1S/C4H11NO3.C3H9NO2P.Y/c5-4(1-6,2-7)3-8;1-3-4-7(2,5)6;/h6-8H,1-3,5H2;1,3H2,2H3,(H2,4,5,6);/q;-1;/p+1. The van der Waals surface area contributed by atoms with E-state index in [4.69, 9.17) is 20.2 Å². The molecule has 97 valence electrons. The summed E-state index contributed by atoms with van der Waals surface area (Å²) in [6, 6.07) is 0. The van der Waals surface area contributed by atoms with Gasteiger partial charge in [-0.25, -0.2) is 0 Å². The van der Waals surface area contributed by atoms with Gasteiger partial charge in [-0.2, -0.15) is 0 Å². The van der Waals surface area contributed by atoms with Crippen molar-refractivity contribution in [1.82, 2.24) is 5.09 Å². The van der Waals surface area contributed by atoms with Crippen molar-refractivity contribution in [2.75, 3.05) is 33.0 Å². The number of aliphatic hydroxyl groups is 3. The number of hydrogen-bond donors (Lipinski definition) is 6. The molecule has 0 bridgehead atoms. The molecule has 8 N–H and O–H groups in total. The minimum atomic E-state index is -2.98. The molecule has 0 aliphatic rings. The van der Waals surface area contributed by atoms with Crippen molar-refractivity contribution in [1.29, 1.82) is 0 Å². The summed E-state index contributed by atoms with van der Waals surface area (Å²) in [4.78, 5) is 8.42. The quantitative estimate of drug-likeness (QED) is 0.237. The molecule has 1 atom stereocenters. The molecule has 0 fully saturated rings. The Kier molecular flexibility index (Phi) is 15.6. The van der Waals surface area contributed by atoms with Crippen molar-refractivity contribution < 1.29 is 63.2 Å². The van der Waals surface area contributed by atoms with Crippen molar-refractivity contribution in [3.8, 4) is 0 Å². The predicted molar refractivity (Wildman–Crippen MR) is 56.0 cm³/mol. The molecule has 0 spiro atoms. The van der Waals surface area contributed by atoms with Crippen LogP contribution in [-0.2, 0) is 37.3 Å². The number of rotatable bonds is 5. The molecule has 1 unspecified atom stereocenters. The third kappa shape index (κ3) is 15.1. The molecule has 16 heavy (non-hydrogen) atoms. The van der Waals surface area contributed by atoms with Crippen LogP contribution in [0.3, 0.4) is 0 Å². The number of aliphatic hydroxyl groups excluding tert-OH is 3. The SMILES string of the molecule is [CH2-]CNP(C)(=O)O.[NH3+]C(CO)(CO)CO.[Y]. The molecule has 0 aromatic rings. The molecule has 0 aliphatic carbocycles. The molecule has 0 aromatic heterocycles. The maximum Gasteiger partial charge on any atom is 0.261 e. The van der Waals surface area contributed by atoms with E-state index in [2.05, 4.69) is 17.7 Å². The zero-order valence-corrected chi connectivity index (χ0v) is 13.2. The van der Waals surface area contributed by atoms with Gasteiger partial charge in [-0.05, 0) is 0 Å². The van der Waals surface area contributed by atoms with Crippen LogP contribution in [0.5, 0.6) is 0 Å². The first kappa shape index (κ1) is 22.3. The second-order valence-electron chi connectivity index (χ2n) is 3.26. The Bertz CT molecular complexity index is 189. The van der Waals surface area contributed by atoms with E-state index < -0.39 is 13.1 Å². The van der Waals surface area contributed by atoms with Gasteiger partial charge in [0, 0.05) is 39.4 Å². The molecule has 0 aliphatic heterocycles. The maximum atomic E-state index is 10.2. The number of quaternary nitrogens is 1. The molecule has 0 rings (SSSR count). The number of hydrogen-bond acceptors (Lipinski definition) is 4. The van der Waals surface area contributed by atoms with Gasteiger partial charge < -0.3 is 32.9 Å². The first-order valence-electron chi connectivity index (χ1n) is 4.27. The second-order valence-corrected chi connectivity index (χ2v) is 5.34. The minimum Gasteiger partial charge on any atom is -0.390 e. The van der Waals surface area contributed by atoms with Crippen molar-refractivity contribution in [3.63, 3.8) is 0 Å². The summed E-state index contributed by atoms with van der Waals surface area (Å²) in [7, 11) is -2.98. The van der Waals surface area contributed by atoms with Gasteiger partial charge in [-0.3, -0.25) is 9.65 Å². The third-order valence-electron chi connectivity index (χ3n) is 1.41. The zero-order valence-electron chi connectivity index (χ0n) is 9.46. The Morgan fingerprint density at radius 3 is 1.62 bits per heavy atom. The van der Waals surface area contributed by atoms with E-state index in [1.54, 1.807) is 0 Å². The fourth-order valence-corrected chi connectivity index (χ4v) is 0.772. The van der Waals surface area contributed by atoms with Crippen LogP contribution in [0.1, 0.15) is 0 Å². The summed E-state index contributed by atoms with van der Waals surface area (Å²) >= 11 is 0. The molecule has 9 heteroatoms. The van der Waals surface area contributed by atoms with Crippen LogP contribution in [-0.4, -0.2) is 58.8 Å². The summed E-state index contributed by atoms with van der Waals surface area (Å²) < 4.78 is 10.2. The Labute approximate surface area is 121 Å². The van der Waals surface area contributed by atoms with Crippen LogP contribution in [0.4, 0.5) is 0 Å². The van der Waals surface area contributed by atoms with Crippen LogP contribution in [0.25, 0.3) is 0 Å². The van der Waals surface area contributed by atoms with E-state index in [0.29, 0.717) is 6.54 Å². The maximum absolute atomic E-state index is 10.2. The average molecular weight is 333 g/mol. The fourth-order valence-electron chi connectivity index (χ4n) is 0.357. The molecule has 7 nitrogen and oxygen atoms in total. The molecule has 0 saturated heterocycles. The third-order valence-corrected chi connectivity index (χ3v) is 2.22. The molecule has 0 heterocycles. The topological polar surface area (TPSA) is 138 Å². The van der Waals surface area contributed by atoms with Crippen LogP contribution in [0, 0.1) is 6.92 Å². The van der Waals surface area contributed by atoms with Gasteiger partial charge in [0.05, 0.1) is 0 Å². The monoisotopic (exact) mass is 333 g/mol. The Morgan fingerprint density at radius 1 is 1.31 bits per heavy atom. The van der Waals surface area contributed by atoms with Crippen LogP contribution < -0.4 is 10.8 Å². The normalized spacial score (nSPS) is 14.2.